The normalized spacial score (nSPS) is 11.1. The molecule has 7 aromatic rings. The van der Waals surface area contributed by atoms with E-state index < -0.39 is 33.6 Å². The summed E-state index contributed by atoms with van der Waals surface area (Å²) in [7, 11) is -0.636. The zero-order chi connectivity index (χ0) is 47.6. The van der Waals surface area contributed by atoms with Crippen LogP contribution in [0.1, 0.15) is 26.3 Å². The first-order chi connectivity index (χ1) is 30.8. The van der Waals surface area contributed by atoms with Crippen LogP contribution in [0.25, 0.3) is 22.1 Å². The minimum atomic E-state index is -4.02. The van der Waals surface area contributed by atoms with Gasteiger partial charge in [-0.05, 0) is 67.6 Å². The molecule has 2 amide bonds. The van der Waals surface area contributed by atoms with Crippen LogP contribution >= 0.6 is 55.1 Å². The van der Waals surface area contributed by atoms with E-state index in [1.807, 2.05) is 6.92 Å². The van der Waals surface area contributed by atoms with Gasteiger partial charge in [0.1, 0.15) is 11.0 Å². The molecule has 344 valence electrons. The van der Waals surface area contributed by atoms with Crippen molar-refractivity contribution in [2.75, 3.05) is 37.1 Å². The van der Waals surface area contributed by atoms with E-state index in [-0.39, 0.29) is 64.9 Å². The van der Waals surface area contributed by atoms with Gasteiger partial charge in [-0.15, -0.1) is 0 Å². The number of aliphatic hydroxyl groups is 2. The van der Waals surface area contributed by atoms with E-state index >= 15 is 8.78 Å². The van der Waals surface area contributed by atoms with Crippen molar-refractivity contribution in [3.8, 4) is 0 Å². The first-order valence-electron chi connectivity index (χ1n) is 18.7. The van der Waals surface area contributed by atoms with Gasteiger partial charge in [0.15, 0.2) is 11.6 Å². The largest absolute Gasteiger partial charge is 0.394 e. The number of hydroxylamine groups is 2. The lowest BCUT2D eigenvalue weighted by Crippen LogP contribution is -2.26. The Morgan fingerprint density at radius 3 is 1.46 bits per heavy atom. The number of hydrogen-bond acceptors (Lipinski definition) is 12. The number of nitrogens with zero attached hydrogens (tertiary/aromatic N) is 4. The summed E-state index contributed by atoms with van der Waals surface area (Å²) < 4.78 is 64.5. The molecule has 0 fully saturated rings. The highest BCUT2D eigenvalue weighted by atomic mass is 79.9. The molecule has 0 aliphatic rings. The summed E-state index contributed by atoms with van der Waals surface area (Å²) in [4.78, 5) is 42.7. The van der Waals surface area contributed by atoms with Gasteiger partial charge in [0, 0.05) is 23.0 Å². The van der Waals surface area contributed by atoms with Crippen LogP contribution in [0.5, 0.6) is 0 Å². The Morgan fingerprint density at radius 1 is 0.708 bits per heavy atom. The fourth-order valence-electron chi connectivity index (χ4n) is 5.65. The predicted molar refractivity (Wildman–Crippen MR) is 248 cm³/mol. The molecule has 0 aliphatic heterocycles. The molecule has 5 aromatic carbocycles. The smallest absolute Gasteiger partial charge is 0.294 e. The molecule has 0 aliphatic carbocycles. The second-order valence-corrected chi connectivity index (χ2v) is 17.5. The van der Waals surface area contributed by atoms with E-state index in [1.165, 1.54) is 36.9 Å². The van der Waals surface area contributed by atoms with Crippen molar-refractivity contribution in [1.82, 2.24) is 30.1 Å². The number of benzene rings is 5. The molecule has 2 heterocycles. The molecule has 0 spiro atoms. The van der Waals surface area contributed by atoms with E-state index in [2.05, 4.69) is 63.4 Å². The van der Waals surface area contributed by atoms with Crippen molar-refractivity contribution < 1.29 is 51.2 Å². The number of imidazole rings is 2. The maximum absolute atomic E-state index is 15.1. The van der Waals surface area contributed by atoms with Crippen molar-refractivity contribution in [3.05, 3.63) is 133 Å². The lowest BCUT2D eigenvalue weighted by atomic mass is 10.1. The number of nitrogens with one attached hydrogen (secondary N) is 4. The number of fused-ring (bicyclic) bond motifs is 2. The maximum atomic E-state index is 15.1. The number of halogens is 6. The molecule has 0 unspecified atom stereocenters. The van der Waals surface area contributed by atoms with Gasteiger partial charge in [0.05, 0.1) is 98.9 Å². The Kier molecular flexibility index (Phi) is 17.8. The fourth-order valence-corrected chi connectivity index (χ4v) is 7.57. The monoisotopic (exact) mass is 1080 g/mol. The van der Waals surface area contributed by atoms with E-state index in [4.69, 9.17) is 47.6 Å². The number of carbonyl (C=O) groups is 2. The SMILES string of the molecule is Cc1ccc(S(=O)(=O)O)cc1.Cn1cnc2c(F)c(Nc3ccc(Br)cc3Cl)c(C(=O)NOCCO)cc21.Cn1cnc2c(F)c(Nc3ccc(Br)cc3Cl)c(C(=O)NOCCO)cc21. The average Bonchev–Trinajstić information content (AvgIpc) is 3.83. The third-order valence-corrected chi connectivity index (χ3v) is 11.3. The molecule has 7 N–H and O–H groups in total. The summed E-state index contributed by atoms with van der Waals surface area (Å²) in [6, 6.07) is 19.0. The van der Waals surface area contributed by atoms with Gasteiger partial charge in [-0.1, -0.05) is 72.8 Å². The van der Waals surface area contributed by atoms with Crippen molar-refractivity contribution in [2.24, 2.45) is 14.1 Å². The number of amides is 2. The standard InChI is InChI=1S/2C17H15BrClFN4O3.C7H8O3S/c2*1-24-8-21-16-13(24)7-10(17(26)23-27-5-4-25)15(14(16)20)22-12-3-2-9(18)6-11(12)19;1-6-2-4-7(5-3-6)11(8,9)10/h2*2-3,6-8,22,25H,4-5H2,1H3,(H,23,26);2-5H,1H3,(H,8,9,10). The van der Waals surface area contributed by atoms with Gasteiger partial charge in [-0.25, -0.2) is 29.7 Å². The van der Waals surface area contributed by atoms with Crippen LogP contribution in [0.2, 0.25) is 10.0 Å². The average molecular weight is 1090 g/mol. The van der Waals surface area contributed by atoms with Crippen LogP contribution in [-0.2, 0) is 33.9 Å². The Labute approximate surface area is 396 Å². The van der Waals surface area contributed by atoms with Crippen LogP contribution in [0, 0.1) is 18.6 Å². The van der Waals surface area contributed by atoms with Gasteiger partial charge in [0.25, 0.3) is 21.9 Å². The molecule has 0 saturated heterocycles. The minimum Gasteiger partial charge on any atom is -0.394 e. The first-order valence-corrected chi connectivity index (χ1v) is 22.4. The Bertz CT molecular complexity index is 2800. The summed E-state index contributed by atoms with van der Waals surface area (Å²) in [6.45, 7) is 1.12. The highest BCUT2D eigenvalue weighted by Gasteiger charge is 2.24. The van der Waals surface area contributed by atoms with Crippen molar-refractivity contribution in [1.29, 1.82) is 0 Å². The van der Waals surface area contributed by atoms with Gasteiger partial charge >= 0.3 is 0 Å². The molecule has 0 saturated carbocycles. The van der Waals surface area contributed by atoms with Crippen molar-refractivity contribution in [2.45, 2.75) is 11.8 Å². The van der Waals surface area contributed by atoms with Gasteiger partial charge in [0.2, 0.25) is 0 Å². The number of aryl methyl sites for hydroxylation is 3. The molecule has 0 atom stereocenters. The number of carbonyl (C=O) groups excluding carboxylic acids is 2. The minimum absolute atomic E-state index is 0.000486. The zero-order valence-electron chi connectivity index (χ0n) is 34.2. The molecule has 0 radical (unpaired) electrons. The number of hydrogen-bond donors (Lipinski definition) is 7. The van der Waals surface area contributed by atoms with Crippen molar-refractivity contribution in [3.63, 3.8) is 0 Å². The molecular formula is C41H38Br2Cl2F2N8O9S. The molecule has 0 bridgehead atoms. The quantitative estimate of drug-likeness (QED) is 0.0328. The van der Waals surface area contributed by atoms with E-state index in [0.29, 0.717) is 32.5 Å². The number of rotatable bonds is 13. The Balaban J connectivity index is 0.000000199. The van der Waals surface area contributed by atoms with E-state index in [9.17, 15) is 18.0 Å². The van der Waals surface area contributed by atoms with E-state index in [1.54, 1.807) is 71.8 Å². The molecule has 7 rings (SSSR count). The lowest BCUT2D eigenvalue weighted by molar-refractivity contribution is 0.0166. The molecule has 65 heavy (non-hydrogen) atoms. The first kappa shape index (κ1) is 50.7. The second-order valence-electron chi connectivity index (χ2n) is 13.5. The number of aromatic nitrogens is 4. The second kappa shape index (κ2) is 22.8. The summed E-state index contributed by atoms with van der Waals surface area (Å²) in [6.07, 6.45) is 2.90. The van der Waals surface area contributed by atoms with Crippen LogP contribution in [0.15, 0.2) is 99.3 Å². The van der Waals surface area contributed by atoms with Gasteiger partial charge < -0.3 is 30.0 Å². The van der Waals surface area contributed by atoms with Crippen molar-refractivity contribution >= 4 is 122 Å². The van der Waals surface area contributed by atoms with Crippen LogP contribution in [0.4, 0.5) is 31.5 Å². The molecule has 24 heteroatoms. The maximum Gasteiger partial charge on any atom is 0.294 e. The van der Waals surface area contributed by atoms with Crippen LogP contribution < -0.4 is 21.6 Å². The number of aliphatic hydroxyl groups excluding tert-OH is 2. The lowest BCUT2D eigenvalue weighted by Gasteiger charge is -2.15. The molecule has 2 aromatic heterocycles. The third kappa shape index (κ3) is 13.0. The van der Waals surface area contributed by atoms with E-state index in [0.717, 1.165) is 14.5 Å². The Hall–Kier alpha value is -5.27. The zero-order valence-corrected chi connectivity index (χ0v) is 39.7. The predicted octanol–water partition coefficient (Wildman–Crippen LogP) is 8.29. The van der Waals surface area contributed by atoms with Crippen LogP contribution in [0.3, 0.4) is 0 Å². The molecular weight excluding hydrogens is 1050 g/mol. The summed E-state index contributed by atoms with van der Waals surface area (Å²) in [5.41, 5.74) is 7.07. The summed E-state index contributed by atoms with van der Waals surface area (Å²) in [5.74, 6) is -2.75. The Morgan fingerprint density at radius 2 is 1.11 bits per heavy atom. The summed E-state index contributed by atoms with van der Waals surface area (Å²) >= 11 is 19.0. The molecule has 17 nitrogen and oxygen atoms in total. The highest BCUT2D eigenvalue weighted by Crippen LogP contribution is 2.36. The number of anilines is 4. The van der Waals surface area contributed by atoms with Gasteiger partial charge in [-0.2, -0.15) is 8.42 Å². The third-order valence-electron chi connectivity index (χ3n) is 8.83. The fraction of sp³-hybridized carbons (Fsp3) is 0.171. The topological polar surface area (TPSA) is 231 Å². The summed E-state index contributed by atoms with van der Waals surface area (Å²) in [5, 5.41) is 23.9. The van der Waals surface area contributed by atoms with Gasteiger partial charge in [-0.3, -0.25) is 23.8 Å². The van der Waals surface area contributed by atoms with Crippen LogP contribution in [-0.4, -0.2) is 80.5 Å². The highest BCUT2D eigenvalue weighted by molar-refractivity contribution is 9.10.